The molecule has 0 aliphatic heterocycles. The normalized spacial score (nSPS) is 16.2. The Morgan fingerprint density at radius 3 is 2.61 bits per heavy atom. The van der Waals surface area contributed by atoms with Gasteiger partial charge in [-0.1, -0.05) is 24.3 Å². The van der Waals surface area contributed by atoms with E-state index < -0.39 is 0 Å². The smallest absolute Gasteiger partial charge is 0.306 e. The maximum atomic E-state index is 11.7. The Balaban J connectivity index is 1.66. The van der Waals surface area contributed by atoms with Gasteiger partial charge in [0.15, 0.2) is 6.61 Å². The molecule has 2 rings (SSSR count). The maximum absolute atomic E-state index is 11.7. The van der Waals surface area contributed by atoms with Crippen LogP contribution < -0.4 is 10.2 Å². The van der Waals surface area contributed by atoms with Crippen molar-refractivity contribution in [2.75, 3.05) is 25.6 Å². The summed E-state index contributed by atoms with van der Waals surface area (Å²) in [5.74, 6) is -0.329. The summed E-state index contributed by atoms with van der Waals surface area (Å²) in [6.07, 6.45) is 6.48. The van der Waals surface area contributed by atoms with E-state index in [2.05, 4.69) is 11.4 Å². The second-order valence-corrected chi connectivity index (χ2v) is 5.97. The summed E-state index contributed by atoms with van der Waals surface area (Å²) in [4.78, 5) is 25.4. The predicted octanol–water partition coefficient (Wildman–Crippen LogP) is 2.27. The van der Waals surface area contributed by atoms with Crippen LogP contribution in [0.3, 0.4) is 0 Å². The first-order valence-corrected chi connectivity index (χ1v) is 7.90. The summed E-state index contributed by atoms with van der Waals surface area (Å²) in [5, 5.41) is 2.75. The van der Waals surface area contributed by atoms with Gasteiger partial charge in [-0.2, -0.15) is 0 Å². The van der Waals surface area contributed by atoms with E-state index in [0.717, 1.165) is 24.1 Å². The Hall–Kier alpha value is -2.30. The fraction of sp³-hybridized carbons (Fsp3) is 0.444. The molecule has 5 nitrogen and oxygen atoms in total. The highest BCUT2D eigenvalue weighted by Crippen LogP contribution is 2.20. The highest BCUT2D eigenvalue weighted by atomic mass is 16.5. The van der Waals surface area contributed by atoms with E-state index in [1.54, 1.807) is 0 Å². The lowest BCUT2D eigenvalue weighted by molar-refractivity contribution is -0.149. The van der Waals surface area contributed by atoms with Gasteiger partial charge in [0.05, 0.1) is 6.42 Å². The van der Waals surface area contributed by atoms with E-state index >= 15 is 0 Å². The molecule has 1 aromatic carbocycles. The average Bonchev–Trinajstić information content (AvgIpc) is 3.04. The molecule has 1 atom stereocenters. The largest absolute Gasteiger partial charge is 0.456 e. The lowest BCUT2D eigenvalue weighted by Gasteiger charge is -2.13. The van der Waals surface area contributed by atoms with E-state index in [1.165, 1.54) is 0 Å². The molecule has 0 aromatic heterocycles. The zero-order valence-electron chi connectivity index (χ0n) is 13.7. The highest BCUT2D eigenvalue weighted by molar-refractivity contribution is 5.80. The van der Waals surface area contributed by atoms with Crippen molar-refractivity contribution < 1.29 is 14.3 Å². The van der Waals surface area contributed by atoms with Crippen molar-refractivity contribution in [3.8, 4) is 0 Å². The summed E-state index contributed by atoms with van der Waals surface area (Å²) in [6, 6.07) is 7.93. The topological polar surface area (TPSA) is 58.6 Å². The zero-order chi connectivity index (χ0) is 16.7. The summed E-state index contributed by atoms with van der Waals surface area (Å²) in [7, 11) is 3.96. The van der Waals surface area contributed by atoms with Crippen LogP contribution in [-0.4, -0.2) is 32.6 Å². The highest BCUT2D eigenvalue weighted by Gasteiger charge is 2.15. The standard InChI is InChI=1S/C18H24N2O3/c1-20(2)16-9-7-15(8-10-16)12-19-17(21)13-23-18(22)11-14-5-3-4-6-14/h3,5,7-10,14H,4,6,11-13H2,1-2H3,(H,19,21)/t14-/m1/s1. The second-order valence-electron chi connectivity index (χ2n) is 5.97. The number of rotatable bonds is 7. The summed E-state index contributed by atoms with van der Waals surface area (Å²) >= 11 is 0. The van der Waals surface area contributed by atoms with Crippen molar-refractivity contribution in [3.05, 3.63) is 42.0 Å². The van der Waals surface area contributed by atoms with Crippen molar-refractivity contribution in [2.24, 2.45) is 5.92 Å². The van der Waals surface area contributed by atoms with Crippen LogP contribution in [0.15, 0.2) is 36.4 Å². The molecule has 5 heteroatoms. The first kappa shape index (κ1) is 17.1. The molecule has 0 saturated heterocycles. The predicted molar refractivity (Wildman–Crippen MR) is 90.1 cm³/mol. The first-order chi connectivity index (χ1) is 11.0. The van der Waals surface area contributed by atoms with Gasteiger partial charge in [0.1, 0.15) is 0 Å². The number of anilines is 1. The third-order valence-corrected chi connectivity index (χ3v) is 3.85. The van der Waals surface area contributed by atoms with Crippen LogP contribution in [0.25, 0.3) is 0 Å². The van der Waals surface area contributed by atoms with Crippen LogP contribution in [0.2, 0.25) is 0 Å². The van der Waals surface area contributed by atoms with E-state index in [9.17, 15) is 9.59 Å². The van der Waals surface area contributed by atoms with Crippen molar-refractivity contribution in [2.45, 2.75) is 25.8 Å². The van der Waals surface area contributed by atoms with E-state index in [-0.39, 0.29) is 24.4 Å². The number of amides is 1. The minimum absolute atomic E-state index is 0.217. The average molecular weight is 316 g/mol. The molecule has 0 spiro atoms. The van der Waals surface area contributed by atoms with Gasteiger partial charge in [-0.05, 0) is 36.5 Å². The molecule has 1 aromatic rings. The second kappa shape index (κ2) is 8.36. The van der Waals surface area contributed by atoms with Crippen molar-refractivity contribution in [3.63, 3.8) is 0 Å². The molecule has 1 amide bonds. The number of nitrogens with zero attached hydrogens (tertiary/aromatic N) is 1. The zero-order valence-corrected chi connectivity index (χ0v) is 13.7. The number of ether oxygens (including phenoxy) is 1. The van der Waals surface area contributed by atoms with E-state index in [1.807, 2.05) is 49.3 Å². The number of allylic oxidation sites excluding steroid dienone is 2. The number of esters is 1. The summed E-state index contributed by atoms with van der Waals surface area (Å²) < 4.78 is 5.01. The maximum Gasteiger partial charge on any atom is 0.306 e. The third-order valence-electron chi connectivity index (χ3n) is 3.85. The summed E-state index contributed by atoms with van der Waals surface area (Å²) in [5.41, 5.74) is 2.11. The molecule has 23 heavy (non-hydrogen) atoms. The molecule has 1 N–H and O–H groups in total. The Bertz CT molecular complexity index is 564. The SMILES string of the molecule is CN(C)c1ccc(CNC(=O)COC(=O)C[C@@H]2C=CCC2)cc1. The van der Waals surface area contributed by atoms with Gasteiger partial charge in [0, 0.05) is 26.3 Å². The van der Waals surface area contributed by atoms with Crippen LogP contribution in [0, 0.1) is 5.92 Å². The van der Waals surface area contributed by atoms with Gasteiger partial charge in [0.25, 0.3) is 5.91 Å². The van der Waals surface area contributed by atoms with Crippen LogP contribution in [-0.2, 0) is 20.9 Å². The quantitative estimate of drug-likeness (QED) is 0.619. The van der Waals surface area contributed by atoms with Crippen molar-refractivity contribution in [1.29, 1.82) is 0 Å². The van der Waals surface area contributed by atoms with Crippen LogP contribution in [0.4, 0.5) is 5.69 Å². The first-order valence-electron chi connectivity index (χ1n) is 7.90. The fourth-order valence-corrected chi connectivity index (χ4v) is 2.45. The van der Waals surface area contributed by atoms with Crippen molar-refractivity contribution >= 4 is 17.6 Å². The molecule has 1 aliphatic rings. The van der Waals surface area contributed by atoms with Gasteiger partial charge < -0.3 is 15.0 Å². The minimum Gasteiger partial charge on any atom is -0.456 e. The van der Waals surface area contributed by atoms with Gasteiger partial charge in [-0.25, -0.2) is 0 Å². The molecule has 0 saturated carbocycles. The van der Waals surface area contributed by atoms with Crippen LogP contribution in [0.1, 0.15) is 24.8 Å². The van der Waals surface area contributed by atoms with Gasteiger partial charge in [-0.3, -0.25) is 9.59 Å². The number of carbonyl (C=O) groups excluding carboxylic acids is 2. The molecule has 1 aliphatic carbocycles. The third kappa shape index (κ3) is 5.77. The lowest BCUT2D eigenvalue weighted by atomic mass is 10.1. The minimum atomic E-state index is -0.313. The van der Waals surface area contributed by atoms with Gasteiger partial charge in [-0.15, -0.1) is 0 Å². The molecule has 0 radical (unpaired) electrons. The molecular weight excluding hydrogens is 292 g/mol. The lowest BCUT2D eigenvalue weighted by Crippen LogP contribution is -2.28. The molecule has 0 bridgehead atoms. The van der Waals surface area contributed by atoms with E-state index in [0.29, 0.717) is 13.0 Å². The molecule has 124 valence electrons. The molecule has 0 fully saturated rings. The van der Waals surface area contributed by atoms with Gasteiger partial charge in [0.2, 0.25) is 0 Å². The monoisotopic (exact) mass is 316 g/mol. The fourth-order valence-electron chi connectivity index (χ4n) is 2.45. The molecule has 0 heterocycles. The number of hydrogen-bond donors (Lipinski definition) is 1. The van der Waals surface area contributed by atoms with E-state index in [4.69, 9.17) is 4.74 Å². The van der Waals surface area contributed by atoms with Gasteiger partial charge >= 0.3 is 5.97 Å². The van der Waals surface area contributed by atoms with Crippen LogP contribution in [0.5, 0.6) is 0 Å². The number of benzene rings is 1. The van der Waals surface area contributed by atoms with Crippen molar-refractivity contribution in [1.82, 2.24) is 5.32 Å². The van der Waals surface area contributed by atoms with Crippen LogP contribution >= 0.6 is 0 Å². The number of carbonyl (C=O) groups is 2. The molecular formula is C18H24N2O3. The number of nitrogens with one attached hydrogen (secondary N) is 1. The Labute approximate surface area is 137 Å². The molecule has 0 unspecified atom stereocenters. The number of hydrogen-bond acceptors (Lipinski definition) is 4. The summed E-state index contributed by atoms with van der Waals surface area (Å²) in [6.45, 7) is 0.209. The Morgan fingerprint density at radius 2 is 2.00 bits per heavy atom. The Kier molecular flexibility index (Phi) is 6.20. The Morgan fingerprint density at radius 1 is 1.26 bits per heavy atom.